The smallest absolute Gasteiger partial charge is 0.408 e. The molecular weight excluding hydrogens is 524 g/mol. The summed E-state index contributed by atoms with van der Waals surface area (Å²) in [4.78, 5) is 33.8. The number of ether oxygens (including phenoxy) is 3. The number of pyridine rings is 1. The Morgan fingerprint density at radius 1 is 1.03 bits per heavy atom. The maximum atomic E-state index is 12.9. The number of hydrogen-bond donors (Lipinski definition) is 1. The predicted octanol–water partition coefficient (Wildman–Crippen LogP) is 5.76. The Kier molecular flexibility index (Phi) is 8.77. The molecule has 0 bridgehead atoms. The number of aromatic nitrogens is 3. The van der Waals surface area contributed by atoms with Crippen molar-refractivity contribution in [1.82, 2.24) is 20.4 Å². The second-order valence-corrected chi connectivity index (χ2v) is 9.89. The summed E-state index contributed by atoms with van der Waals surface area (Å²) < 4.78 is 21.8. The maximum absolute atomic E-state index is 12.9. The molecule has 10 nitrogen and oxygen atoms in total. The zero-order valence-corrected chi connectivity index (χ0v) is 22.3. The first-order valence-electron chi connectivity index (χ1n) is 12.1. The van der Waals surface area contributed by atoms with Crippen LogP contribution in [-0.2, 0) is 27.3 Å². The summed E-state index contributed by atoms with van der Waals surface area (Å²) in [6.07, 6.45) is 0.632. The predicted molar refractivity (Wildman–Crippen MR) is 142 cm³/mol. The number of alkyl carbamates (subject to hydrolysis) is 1. The molecule has 2 aromatic carbocycles. The van der Waals surface area contributed by atoms with Gasteiger partial charge in [0.2, 0.25) is 17.6 Å². The van der Waals surface area contributed by atoms with Crippen LogP contribution in [0.2, 0.25) is 5.02 Å². The topological polar surface area (TPSA) is 126 Å². The van der Waals surface area contributed by atoms with Crippen LogP contribution in [0.15, 0.2) is 77.4 Å². The summed E-state index contributed by atoms with van der Waals surface area (Å²) in [5.41, 5.74) is 0.714. The summed E-state index contributed by atoms with van der Waals surface area (Å²) in [6, 6.07) is 18.4. The lowest BCUT2D eigenvalue weighted by atomic mass is 10.2. The van der Waals surface area contributed by atoms with Gasteiger partial charge >= 0.3 is 12.1 Å². The first kappa shape index (κ1) is 27.6. The number of rotatable bonds is 9. The Labute approximate surface area is 230 Å². The van der Waals surface area contributed by atoms with Crippen LogP contribution in [0.1, 0.15) is 32.2 Å². The van der Waals surface area contributed by atoms with Crippen molar-refractivity contribution in [3.63, 3.8) is 0 Å². The summed E-state index contributed by atoms with van der Waals surface area (Å²) in [5.74, 6) is 0.724. The van der Waals surface area contributed by atoms with Gasteiger partial charge in [-0.3, -0.25) is 0 Å². The molecule has 0 aliphatic heterocycles. The van der Waals surface area contributed by atoms with Gasteiger partial charge < -0.3 is 24.1 Å². The van der Waals surface area contributed by atoms with Crippen molar-refractivity contribution in [2.45, 2.75) is 45.4 Å². The van der Waals surface area contributed by atoms with Gasteiger partial charge in [0, 0.05) is 17.8 Å². The van der Waals surface area contributed by atoms with Gasteiger partial charge in [0.05, 0.1) is 11.4 Å². The quantitative estimate of drug-likeness (QED) is 0.259. The lowest BCUT2D eigenvalue weighted by molar-refractivity contribution is -0.147. The van der Waals surface area contributed by atoms with E-state index in [1.807, 2.05) is 30.3 Å². The average molecular weight is 551 g/mol. The lowest BCUT2D eigenvalue weighted by Crippen LogP contribution is -2.45. The van der Waals surface area contributed by atoms with E-state index in [1.165, 1.54) is 6.20 Å². The monoisotopic (exact) mass is 550 g/mol. The fourth-order valence-electron chi connectivity index (χ4n) is 3.32. The van der Waals surface area contributed by atoms with Crippen molar-refractivity contribution in [2.75, 3.05) is 0 Å². The number of halogens is 1. The van der Waals surface area contributed by atoms with E-state index in [9.17, 15) is 9.59 Å². The van der Waals surface area contributed by atoms with Crippen LogP contribution in [0.5, 0.6) is 11.6 Å². The molecule has 1 N–H and O–H groups in total. The van der Waals surface area contributed by atoms with E-state index in [1.54, 1.807) is 57.2 Å². The number of benzene rings is 2. The van der Waals surface area contributed by atoms with Crippen LogP contribution >= 0.6 is 11.6 Å². The van der Waals surface area contributed by atoms with Gasteiger partial charge in [-0.05, 0) is 56.7 Å². The third kappa shape index (κ3) is 8.54. The molecule has 202 valence electrons. The van der Waals surface area contributed by atoms with Crippen LogP contribution in [-0.4, -0.2) is 38.8 Å². The van der Waals surface area contributed by atoms with Crippen molar-refractivity contribution in [2.24, 2.45) is 0 Å². The molecule has 2 aromatic heterocycles. The molecule has 1 atom stereocenters. The molecule has 0 unspecified atom stereocenters. The number of esters is 1. The van der Waals surface area contributed by atoms with Crippen molar-refractivity contribution in [1.29, 1.82) is 0 Å². The van der Waals surface area contributed by atoms with Crippen LogP contribution in [0, 0.1) is 0 Å². The first-order chi connectivity index (χ1) is 18.6. The normalized spacial score (nSPS) is 11.9. The Morgan fingerprint density at radius 2 is 1.77 bits per heavy atom. The van der Waals surface area contributed by atoms with E-state index in [2.05, 4.69) is 20.4 Å². The van der Waals surface area contributed by atoms with Crippen LogP contribution in [0.4, 0.5) is 4.79 Å². The van der Waals surface area contributed by atoms with Crippen LogP contribution in [0.25, 0.3) is 11.4 Å². The molecule has 1 amide bonds. The molecule has 4 rings (SSSR count). The number of hydrogen-bond acceptors (Lipinski definition) is 9. The van der Waals surface area contributed by atoms with E-state index in [0.29, 0.717) is 28.0 Å². The second-order valence-electron chi connectivity index (χ2n) is 9.45. The minimum absolute atomic E-state index is 0.0429. The minimum Gasteiger partial charge on any atom is -0.459 e. The SMILES string of the molecule is CC(C)(C)OC(=O)N[C@@H](Cc1nc(-c2ccc(Oc3ccc(Cl)cn3)cc2)no1)C(=O)OCc1ccccc1. The van der Waals surface area contributed by atoms with Crippen molar-refractivity contribution in [3.05, 3.63) is 89.4 Å². The van der Waals surface area contributed by atoms with Crippen molar-refractivity contribution in [3.8, 4) is 23.0 Å². The highest BCUT2D eigenvalue weighted by molar-refractivity contribution is 6.30. The van der Waals surface area contributed by atoms with Gasteiger partial charge in [0.1, 0.15) is 24.0 Å². The van der Waals surface area contributed by atoms with Crippen molar-refractivity contribution >= 4 is 23.7 Å². The van der Waals surface area contributed by atoms with Gasteiger partial charge in [0.25, 0.3) is 0 Å². The molecule has 39 heavy (non-hydrogen) atoms. The van der Waals surface area contributed by atoms with Crippen LogP contribution in [0.3, 0.4) is 0 Å². The molecule has 0 spiro atoms. The van der Waals surface area contributed by atoms with Gasteiger partial charge in [-0.2, -0.15) is 4.98 Å². The van der Waals surface area contributed by atoms with Gasteiger partial charge in [-0.15, -0.1) is 0 Å². The minimum atomic E-state index is -1.11. The molecule has 0 fully saturated rings. The molecule has 0 aliphatic rings. The van der Waals surface area contributed by atoms with Gasteiger partial charge in [-0.25, -0.2) is 14.6 Å². The highest BCUT2D eigenvalue weighted by Crippen LogP contribution is 2.24. The third-order valence-electron chi connectivity index (χ3n) is 5.08. The Morgan fingerprint density at radius 3 is 2.44 bits per heavy atom. The molecule has 0 radical (unpaired) electrons. The molecule has 2 heterocycles. The first-order valence-corrected chi connectivity index (χ1v) is 12.4. The summed E-state index contributed by atoms with van der Waals surface area (Å²) >= 11 is 5.85. The lowest BCUT2D eigenvalue weighted by Gasteiger charge is -2.22. The zero-order chi connectivity index (χ0) is 27.8. The number of carbonyl (C=O) groups excluding carboxylic acids is 2. The summed E-state index contributed by atoms with van der Waals surface area (Å²) in [7, 11) is 0. The third-order valence-corrected chi connectivity index (χ3v) is 5.30. The second kappa shape index (κ2) is 12.4. The van der Waals surface area contributed by atoms with Gasteiger partial charge in [-0.1, -0.05) is 47.1 Å². The number of carbonyl (C=O) groups is 2. The number of nitrogens with one attached hydrogen (secondary N) is 1. The Bertz CT molecular complexity index is 1390. The molecule has 4 aromatic rings. The molecule has 0 saturated carbocycles. The highest BCUT2D eigenvalue weighted by Gasteiger charge is 2.28. The number of amides is 1. The number of nitrogens with zero attached hydrogens (tertiary/aromatic N) is 3. The molecule has 0 aliphatic carbocycles. The fourth-order valence-corrected chi connectivity index (χ4v) is 3.43. The Balaban J connectivity index is 1.43. The van der Waals surface area contributed by atoms with E-state index in [-0.39, 0.29) is 18.9 Å². The van der Waals surface area contributed by atoms with Crippen molar-refractivity contribution < 1.29 is 28.3 Å². The maximum Gasteiger partial charge on any atom is 0.408 e. The van der Waals surface area contributed by atoms with E-state index in [4.69, 9.17) is 30.3 Å². The molecule has 11 heteroatoms. The zero-order valence-electron chi connectivity index (χ0n) is 21.6. The van der Waals surface area contributed by atoms with E-state index >= 15 is 0 Å². The molecular formula is C28H27ClN4O6. The average Bonchev–Trinajstić information content (AvgIpc) is 3.37. The van der Waals surface area contributed by atoms with Crippen LogP contribution < -0.4 is 10.1 Å². The largest absolute Gasteiger partial charge is 0.459 e. The fraction of sp³-hybridized carbons (Fsp3) is 0.250. The summed E-state index contributed by atoms with van der Waals surface area (Å²) in [5, 5.41) is 7.06. The standard InChI is InChI=1S/C28H27ClN4O6/c1-28(2,3)38-27(35)31-22(26(34)36-17-18-7-5-4-6-8-18)15-24-32-25(33-39-24)19-9-12-21(13-10-19)37-23-14-11-20(29)16-30-23/h4-14,16,22H,15,17H2,1-3H3,(H,31,35)/t22-/m0/s1. The highest BCUT2D eigenvalue weighted by atomic mass is 35.5. The van der Waals surface area contributed by atoms with E-state index in [0.717, 1.165) is 5.56 Å². The Hall–Kier alpha value is -4.44. The van der Waals surface area contributed by atoms with E-state index < -0.39 is 23.7 Å². The van der Waals surface area contributed by atoms with Gasteiger partial charge in [0.15, 0.2) is 0 Å². The molecule has 0 saturated heterocycles. The summed E-state index contributed by atoms with van der Waals surface area (Å²) in [6.45, 7) is 5.22.